The minimum Gasteiger partial charge on any atom is -0.495 e. The molecule has 0 heterocycles. The number of nitrogens with one attached hydrogen (secondary N) is 2. The molecule has 0 aromatic heterocycles. The maximum Gasteiger partial charge on any atom is 0.262 e. The summed E-state index contributed by atoms with van der Waals surface area (Å²) in [5.74, 6) is -0.548. The number of benzene rings is 3. The number of methoxy groups -OCH3 is 1. The quantitative estimate of drug-likeness (QED) is 0.491. The molecule has 0 saturated carbocycles. The van der Waals surface area contributed by atoms with Crippen LogP contribution in [-0.2, 0) is 24.7 Å². The fourth-order valence-corrected chi connectivity index (χ4v) is 5.25. The Hall–Kier alpha value is -3.37. The molecule has 0 bridgehead atoms. The van der Waals surface area contributed by atoms with Crippen molar-refractivity contribution in [3.05, 3.63) is 78.9 Å². The Morgan fingerprint density at radius 1 is 0.844 bits per heavy atom. The number of amides is 1. The van der Waals surface area contributed by atoms with Gasteiger partial charge in [0.05, 0.1) is 28.3 Å². The molecule has 2 N–H and O–H groups in total. The molecule has 3 aromatic carbocycles. The van der Waals surface area contributed by atoms with E-state index in [1.807, 2.05) is 0 Å². The predicted molar refractivity (Wildman–Crippen MR) is 122 cm³/mol. The third kappa shape index (κ3) is 5.86. The molecular formula is C22H22N2O6S2. The second kappa shape index (κ2) is 9.84. The first-order chi connectivity index (χ1) is 15.2. The van der Waals surface area contributed by atoms with Gasteiger partial charge in [0.25, 0.3) is 10.0 Å². The summed E-state index contributed by atoms with van der Waals surface area (Å²) in [6, 6.07) is 20.1. The molecule has 0 unspecified atom stereocenters. The molecule has 0 saturated heterocycles. The number of hydrogen-bond donors (Lipinski definition) is 2. The van der Waals surface area contributed by atoms with Crippen molar-refractivity contribution >= 4 is 37.1 Å². The molecule has 0 fully saturated rings. The molecule has 8 nitrogen and oxygen atoms in total. The van der Waals surface area contributed by atoms with E-state index in [0.717, 1.165) is 0 Å². The molecule has 0 spiro atoms. The summed E-state index contributed by atoms with van der Waals surface area (Å²) in [7, 11) is -6.12. The summed E-state index contributed by atoms with van der Waals surface area (Å²) in [5, 5.41) is 2.54. The van der Waals surface area contributed by atoms with Gasteiger partial charge in [-0.05, 0) is 42.5 Å². The van der Waals surface area contributed by atoms with Gasteiger partial charge >= 0.3 is 0 Å². The zero-order valence-corrected chi connectivity index (χ0v) is 18.8. The van der Waals surface area contributed by atoms with Crippen molar-refractivity contribution in [3.8, 4) is 5.75 Å². The molecule has 3 aromatic rings. The monoisotopic (exact) mass is 474 g/mol. The van der Waals surface area contributed by atoms with Gasteiger partial charge in [-0.25, -0.2) is 16.8 Å². The van der Waals surface area contributed by atoms with Gasteiger partial charge in [-0.2, -0.15) is 0 Å². The molecule has 0 radical (unpaired) electrons. The van der Waals surface area contributed by atoms with Crippen LogP contribution in [0.25, 0.3) is 0 Å². The summed E-state index contributed by atoms with van der Waals surface area (Å²) < 4.78 is 57.8. The van der Waals surface area contributed by atoms with Crippen LogP contribution in [0.5, 0.6) is 5.75 Å². The van der Waals surface area contributed by atoms with Crippen LogP contribution in [-0.4, -0.2) is 35.6 Å². The summed E-state index contributed by atoms with van der Waals surface area (Å²) in [6.07, 6.45) is -0.270. The Bertz CT molecular complexity index is 1310. The number of carbonyl (C=O) groups excluding carboxylic acids is 1. The van der Waals surface area contributed by atoms with E-state index in [-0.39, 0.29) is 33.3 Å². The lowest BCUT2D eigenvalue weighted by Crippen LogP contribution is -2.18. The number of hydrogen-bond acceptors (Lipinski definition) is 6. The molecule has 0 atom stereocenters. The van der Waals surface area contributed by atoms with Crippen molar-refractivity contribution in [2.45, 2.75) is 16.2 Å². The summed E-state index contributed by atoms with van der Waals surface area (Å²) >= 11 is 0. The lowest BCUT2D eigenvalue weighted by molar-refractivity contribution is -0.115. The Morgan fingerprint density at radius 3 is 2.22 bits per heavy atom. The third-order valence-corrected chi connectivity index (χ3v) is 7.57. The lowest BCUT2D eigenvalue weighted by atomic mass is 10.3. The SMILES string of the molecule is COc1ccccc1NS(=O)(=O)c1cccc(NC(=O)CCS(=O)(=O)c2ccccc2)c1. The van der Waals surface area contributed by atoms with E-state index in [1.165, 1.54) is 43.5 Å². The fraction of sp³-hybridized carbons (Fsp3) is 0.136. The Morgan fingerprint density at radius 2 is 1.50 bits per heavy atom. The van der Waals surface area contributed by atoms with Crippen LogP contribution < -0.4 is 14.8 Å². The number of rotatable bonds is 9. The lowest BCUT2D eigenvalue weighted by Gasteiger charge is -2.12. The average molecular weight is 475 g/mol. The van der Waals surface area contributed by atoms with Crippen molar-refractivity contribution in [1.82, 2.24) is 0 Å². The van der Waals surface area contributed by atoms with E-state index in [0.29, 0.717) is 5.75 Å². The standard InChI is InChI=1S/C22H22N2O6S2/c1-30-21-13-6-5-12-20(21)24-32(28,29)19-11-7-8-17(16-19)23-22(25)14-15-31(26,27)18-9-3-2-4-10-18/h2-13,16,24H,14-15H2,1H3,(H,23,25). The van der Waals surface area contributed by atoms with E-state index in [9.17, 15) is 21.6 Å². The van der Waals surface area contributed by atoms with Gasteiger partial charge in [0.15, 0.2) is 9.84 Å². The van der Waals surface area contributed by atoms with E-state index in [4.69, 9.17) is 4.74 Å². The molecule has 3 rings (SSSR count). The number of para-hydroxylation sites is 2. The summed E-state index contributed by atoms with van der Waals surface area (Å²) in [5.41, 5.74) is 0.505. The Balaban J connectivity index is 1.68. The maximum absolute atomic E-state index is 12.8. The largest absolute Gasteiger partial charge is 0.495 e. The van der Waals surface area contributed by atoms with Crippen LogP contribution in [0.15, 0.2) is 88.7 Å². The number of sulfone groups is 1. The van der Waals surface area contributed by atoms with Crippen LogP contribution in [0.4, 0.5) is 11.4 Å². The first-order valence-electron chi connectivity index (χ1n) is 9.55. The van der Waals surface area contributed by atoms with Crippen molar-refractivity contribution in [3.63, 3.8) is 0 Å². The molecule has 168 valence electrons. The summed E-state index contributed by atoms with van der Waals surface area (Å²) in [4.78, 5) is 12.3. The van der Waals surface area contributed by atoms with Gasteiger partial charge in [0, 0.05) is 12.1 Å². The van der Waals surface area contributed by atoms with Crippen LogP contribution in [0.1, 0.15) is 6.42 Å². The van der Waals surface area contributed by atoms with Crippen LogP contribution in [0.3, 0.4) is 0 Å². The van der Waals surface area contributed by atoms with E-state index in [2.05, 4.69) is 10.0 Å². The highest BCUT2D eigenvalue weighted by atomic mass is 32.2. The van der Waals surface area contributed by atoms with Crippen molar-refractivity contribution in [1.29, 1.82) is 0 Å². The van der Waals surface area contributed by atoms with Gasteiger partial charge < -0.3 is 10.1 Å². The van der Waals surface area contributed by atoms with Crippen LogP contribution >= 0.6 is 0 Å². The first-order valence-corrected chi connectivity index (χ1v) is 12.7. The fourth-order valence-electron chi connectivity index (χ4n) is 2.87. The molecule has 0 aliphatic rings. The van der Waals surface area contributed by atoms with Gasteiger partial charge in [-0.3, -0.25) is 9.52 Å². The molecule has 1 amide bonds. The Kier molecular flexibility index (Phi) is 7.16. The Labute approximate surface area is 187 Å². The molecule has 0 aliphatic carbocycles. The molecular weight excluding hydrogens is 452 g/mol. The maximum atomic E-state index is 12.8. The van der Waals surface area contributed by atoms with Gasteiger partial charge in [0.2, 0.25) is 5.91 Å². The van der Waals surface area contributed by atoms with Crippen LogP contribution in [0, 0.1) is 0 Å². The second-order valence-electron chi connectivity index (χ2n) is 6.76. The minimum atomic E-state index is -3.95. The van der Waals surface area contributed by atoms with Gasteiger partial charge in [-0.15, -0.1) is 0 Å². The highest BCUT2D eigenvalue weighted by Gasteiger charge is 2.19. The normalized spacial score (nSPS) is 11.5. The second-order valence-corrected chi connectivity index (χ2v) is 10.6. The zero-order valence-electron chi connectivity index (χ0n) is 17.2. The van der Waals surface area contributed by atoms with E-state index >= 15 is 0 Å². The molecule has 10 heteroatoms. The minimum absolute atomic E-state index is 0.0712. The van der Waals surface area contributed by atoms with Crippen molar-refractivity contribution in [2.75, 3.05) is 22.9 Å². The predicted octanol–water partition coefficient (Wildman–Crippen LogP) is 3.30. The van der Waals surface area contributed by atoms with Crippen molar-refractivity contribution in [2.24, 2.45) is 0 Å². The number of anilines is 2. The third-order valence-electron chi connectivity index (χ3n) is 4.48. The first kappa shape index (κ1) is 23.3. The summed E-state index contributed by atoms with van der Waals surface area (Å²) in [6.45, 7) is 0. The molecule has 0 aliphatic heterocycles. The zero-order chi connectivity index (χ0) is 23.2. The topological polar surface area (TPSA) is 119 Å². The van der Waals surface area contributed by atoms with Crippen molar-refractivity contribution < 1.29 is 26.4 Å². The van der Waals surface area contributed by atoms with E-state index in [1.54, 1.807) is 42.5 Å². The highest BCUT2D eigenvalue weighted by Crippen LogP contribution is 2.27. The molecule has 32 heavy (non-hydrogen) atoms. The average Bonchev–Trinajstić information content (AvgIpc) is 2.79. The van der Waals surface area contributed by atoms with Crippen LogP contribution in [0.2, 0.25) is 0 Å². The number of sulfonamides is 1. The highest BCUT2D eigenvalue weighted by molar-refractivity contribution is 7.92. The van der Waals surface area contributed by atoms with Gasteiger partial charge in [0.1, 0.15) is 5.75 Å². The smallest absolute Gasteiger partial charge is 0.262 e. The number of carbonyl (C=O) groups is 1. The van der Waals surface area contributed by atoms with Gasteiger partial charge in [-0.1, -0.05) is 36.4 Å². The number of ether oxygens (including phenoxy) is 1. The van der Waals surface area contributed by atoms with E-state index < -0.39 is 25.8 Å².